The predicted molar refractivity (Wildman–Crippen MR) is 133 cm³/mol. The van der Waals surface area contributed by atoms with Crippen LogP contribution in [0.3, 0.4) is 0 Å². The summed E-state index contributed by atoms with van der Waals surface area (Å²) in [7, 11) is 1.89. The van der Waals surface area contributed by atoms with Crippen molar-refractivity contribution in [1.29, 1.82) is 5.26 Å². The van der Waals surface area contributed by atoms with Crippen LogP contribution in [-0.4, -0.2) is 54.6 Å². The van der Waals surface area contributed by atoms with Gasteiger partial charge in [0.15, 0.2) is 0 Å². The second-order valence-electron chi connectivity index (χ2n) is 9.68. The molecule has 1 N–H and O–H groups in total. The van der Waals surface area contributed by atoms with Crippen LogP contribution < -0.4 is 15.0 Å². The van der Waals surface area contributed by atoms with Crippen LogP contribution in [0.1, 0.15) is 49.4 Å². The van der Waals surface area contributed by atoms with Crippen LogP contribution in [0.15, 0.2) is 36.5 Å². The zero-order chi connectivity index (χ0) is 24.1. The number of nitrogens with one attached hydrogen (secondary N) is 1. The Balaban J connectivity index is 1.31. The normalized spacial score (nSPS) is 23.2. The number of pyridine rings is 1. The number of hydrogen-bond donors (Lipinski definition) is 1. The van der Waals surface area contributed by atoms with Gasteiger partial charge in [0.1, 0.15) is 17.5 Å². The van der Waals surface area contributed by atoms with E-state index in [1.807, 2.05) is 18.0 Å². The third kappa shape index (κ3) is 5.94. The molecule has 1 atom stereocenters. The van der Waals surface area contributed by atoms with Gasteiger partial charge in [0, 0.05) is 63.1 Å². The highest BCUT2D eigenvalue weighted by molar-refractivity contribution is 5.94. The fraction of sp³-hybridized carbons (Fsp3) is 0.519. The lowest BCUT2D eigenvalue weighted by Gasteiger charge is -2.32. The summed E-state index contributed by atoms with van der Waals surface area (Å²) in [5.74, 6) is 0.862. The molecule has 2 aliphatic rings. The first-order chi connectivity index (χ1) is 16.4. The maximum Gasteiger partial charge on any atom is 0.229 e. The number of rotatable bonds is 6. The average molecular weight is 462 g/mol. The average Bonchev–Trinajstić information content (AvgIpc) is 2.85. The summed E-state index contributed by atoms with van der Waals surface area (Å²) in [5, 5.41) is 12.5. The van der Waals surface area contributed by atoms with Crippen LogP contribution in [0.2, 0.25) is 0 Å². The van der Waals surface area contributed by atoms with Crippen molar-refractivity contribution in [3.05, 3.63) is 53.3 Å². The minimum atomic E-state index is 0.0132. The molecule has 1 aliphatic carbocycles. The largest absolute Gasteiger partial charge is 0.490 e. The molecule has 1 aromatic heterocycles. The van der Waals surface area contributed by atoms with Crippen LogP contribution >= 0.6 is 0 Å². The van der Waals surface area contributed by atoms with Gasteiger partial charge in [0.2, 0.25) is 5.91 Å². The van der Waals surface area contributed by atoms with E-state index < -0.39 is 0 Å². The molecule has 7 nitrogen and oxygen atoms in total. The number of anilines is 1. The lowest BCUT2D eigenvalue weighted by molar-refractivity contribution is -0.123. The molecule has 2 fully saturated rings. The number of aryl methyl sites for hydroxylation is 1. The minimum Gasteiger partial charge on any atom is -0.490 e. The molecule has 0 unspecified atom stereocenters. The van der Waals surface area contributed by atoms with Gasteiger partial charge in [-0.15, -0.1) is 0 Å². The second kappa shape index (κ2) is 11.0. The number of aromatic nitrogens is 1. The van der Waals surface area contributed by atoms with Gasteiger partial charge in [-0.2, -0.15) is 5.26 Å². The number of ether oxygens (including phenoxy) is 1. The monoisotopic (exact) mass is 461 g/mol. The highest BCUT2D eigenvalue weighted by atomic mass is 16.5. The Morgan fingerprint density at radius 1 is 1.26 bits per heavy atom. The smallest absolute Gasteiger partial charge is 0.229 e. The standard InChI is InChI=1S/C27H35N5O2/c1-19-14-24(7-4-22(19)18-32-13-12-29-20(2)17-32)31(3)27(33)21-5-8-25(9-6-21)34-26-10-11-30-23(15-26)16-28/h4,7,10-11,14-15,20-21,25,29H,5-6,8-9,12-13,17-18H2,1-3H3/t20-,21?,25?/m0/s1. The Morgan fingerprint density at radius 3 is 2.76 bits per heavy atom. The molecular formula is C27H35N5O2. The minimum absolute atomic E-state index is 0.0132. The molecule has 2 heterocycles. The van der Waals surface area contributed by atoms with E-state index in [0.717, 1.165) is 57.5 Å². The van der Waals surface area contributed by atoms with Gasteiger partial charge in [-0.3, -0.25) is 9.69 Å². The van der Waals surface area contributed by atoms with Crippen LogP contribution in [0.25, 0.3) is 0 Å². The van der Waals surface area contributed by atoms with Crippen molar-refractivity contribution in [3.8, 4) is 11.8 Å². The first-order valence-corrected chi connectivity index (χ1v) is 12.3. The number of nitriles is 1. The number of piperazine rings is 1. The topological polar surface area (TPSA) is 81.5 Å². The van der Waals surface area contributed by atoms with Crippen LogP contribution in [0, 0.1) is 24.2 Å². The molecule has 1 amide bonds. The van der Waals surface area contributed by atoms with E-state index in [9.17, 15) is 4.79 Å². The zero-order valence-corrected chi connectivity index (χ0v) is 20.5. The number of amides is 1. The van der Waals surface area contributed by atoms with Gasteiger partial charge in [-0.05, 0) is 68.9 Å². The molecule has 180 valence electrons. The molecule has 1 saturated carbocycles. The summed E-state index contributed by atoms with van der Waals surface area (Å²) in [6.45, 7) is 8.48. The van der Waals surface area contributed by atoms with Gasteiger partial charge in [-0.25, -0.2) is 4.98 Å². The number of nitrogens with zero attached hydrogens (tertiary/aromatic N) is 4. The van der Waals surface area contributed by atoms with Gasteiger partial charge >= 0.3 is 0 Å². The van der Waals surface area contributed by atoms with E-state index in [4.69, 9.17) is 10.00 Å². The maximum absolute atomic E-state index is 13.2. The molecule has 2 aromatic rings. The number of benzene rings is 1. The van der Waals surface area contributed by atoms with Crippen molar-refractivity contribution in [1.82, 2.24) is 15.2 Å². The first-order valence-electron chi connectivity index (χ1n) is 12.3. The van der Waals surface area contributed by atoms with E-state index in [0.29, 0.717) is 17.5 Å². The van der Waals surface area contributed by atoms with Crippen LogP contribution in [0.4, 0.5) is 5.69 Å². The first kappa shape index (κ1) is 24.2. The molecular weight excluding hydrogens is 426 g/mol. The van der Waals surface area contributed by atoms with Gasteiger partial charge in [-0.1, -0.05) is 6.07 Å². The molecule has 34 heavy (non-hydrogen) atoms. The molecule has 0 bridgehead atoms. The summed E-state index contributed by atoms with van der Waals surface area (Å²) in [6, 6.07) is 12.4. The fourth-order valence-electron chi connectivity index (χ4n) is 5.03. The van der Waals surface area contributed by atoms with Crippen molar-refractivity contribution in [2.24, 2.45) is 5.92 Å². The van der Waals surface area contributed by atoms with E-state index in [2.05, 4.69) is 47.2 Å². The Hall–Kier alpha value is -2.95. The van der Waals surface area contributed by atoms with Crippen molar-refractivity contribution in [3.63, 3.8) is 0 Å². The fourth-order valence-corrected chi connectivity index (χ4v) is 5.03. The lowest BCUT2D eigenvalue weighted by Crippen LogP contribution is -2.48. The van der Waals surface area contributed by atoms with E-state index in [1.54, 1.807) is 18.3 Å². The second-order valence-corrected chi connectivity index (χ2v) is 9.68. The predicted octanol–water partition coefficient (Wildman–Crippen LogP) is 3.66. The molecule has 4 rings (SSSR count). The van der Waals surface area contributed by atoms with E-state index >= 15 is 0 Å². The number of hydrogen-bond acceptors (Lipinski definition) is 6. The Bertz CT molecular complexity index is 1040. The molecule has 1 aromatic carbocycles. The molecule has 1 aliphatic heterocycles. The Morgan fingerprint density at radius 2 is 2.06 bits per heavy atom. The van der Waals surface area contributed by atoms with Crippen molar-refractivity contribution < 1.29 is 9.53 Å². The quantitative estimate of drug-likeness (QED) is 0.707. The summed E-state index contributed by atoms with van der Waals surface area (Å²) in [4.78, 5) is 21.5. The number of carbonyl (C=O) groups excluding carboxylic acids is 1. The number of carbonyl (C=O) groups is 1. The third-order valence-corrected chi connectivity index (χ3v) is 7.06. The van der Waals surface area contributed by atoms with E-state index in [-0.39, 0.29) is 17.9 Å². The van der Waals surface area contributed by atoms with E-state index in [1.165, 1.54) is 11.1 Å². The van der Waals surface area contributed by atoms with Gasteiger partial charge in [0.05, 0.1) is 6.10 Å². The summed E-state index contributed by atoms with van der Waals surface area (Å²) >= 11 is 0. The molecule has 0 spiro atoms. The SMILES string of the molecule is Cc1cc(N(C)C(=O)C2CCC(Oc3ccnc(C#N)c3)CC2)ccc1CN1CCN[C@@H](C)C1. The Kier molecular flexibility index (Phi) is 7.81. The molecule has 7 heteroatoms. The van der Waals surface area contributed by atoms with Crippen LogP contribution in [-0.2, 0) is 11.3 Å². The zero-order valence-electron chi connectivity index (χ0n) is 20.5. The maximum atomic E-state index is 13.2. The summed E-state index contributed by atoms with van der Waals surface area (Å²) in [6.07, 6.45) is 4.93. The molecule has 0 radical (unpaired) electrons. The highest BCUT2D eigenvalue weighted by Crippen LogP contribution is 2.30. The highest BCUT2D eigenvalue weighted by Gasteiger charge is 2.30. The van der Waals surface area contributed by atoms with Crippen LogP contribution in [0.5, 0.6) is 5.75 Å². The van der Waals surface area contributed by atoms with Crippen molar-refractivity contribution >= 4 is 11.6 Å². The summed E-state index contributed by atoms with van der Waals surface area (Å²) in [5.41, 5.74) is 3.87. The van der Waals surface area contributed by atoms with Crippen molar-refractivity contribution in [2.45, 2.75) is 58.2 Å². The Labute approximate surface area is 202 Å². The van der Waals surface area contributed by atoms with Gasteiger partial charge in [0.25, 0.3) is 0 Å². The lowest BCUT2D eigenvalue weighted by atomic mass is 9.86. The summed E-state index contributed by atoms with van der Waals surface area (Å²) < 4.78 is 6.04. The third-order valence-electron chi connectivity index (χ3n) is 7.06. The molecule has 1 saturated heterocycles. The van der Waals surface area contributed by atoms with Crippen molar-refractivity contribution in [2.75, 3.05) is 31.6 Å². The van der Waals surface area contributed by atoms with Gasteiger partial charge < -0.3 is 15.0 Å².